The number of rotatable bonds is 4. The highest BCUT2D eigenvalue weighted by Gasteiger charge is 2.23. The summed E-state index contributed by atoms with van der Waals surface area (Å²) in [5.74, 6) is -0.390. The Morgan fingerprint density at radius 3 is 2.30 bits per heavy atom. The lowest BCUT2D eigenvalue weighted by molar-refractivity contribution is 0.103. The van der Waals surface area contributed by atoms with Crippen LogP contribution in [0.4, 0.5) is 5.69 Å². The first-order valence-corrected chi connectivity index (χ1v) is 7.38. The van der Waals surface area contributed by atoms with Gasteiger partial charge < -0.3 is 5.73 Å². The predicted molar refractivity (Wildman–Crippen MR) is 78.1 cm³/mol. The average Bonchev–Trinajstić information content (AvgIpc) is 2.47. The number of nitrogen functional groups attached to an aromatic ring is 1. The molecule has 0 spiro atoms. The van der Waals surface area contributed by atoms with E-state index >= 15 is 0 Å². The molecule has 0 unspecified atom stereocenters. The van der Waals surface area contributed by atoms with Crippen LogP contribution in [0.5, 0.6) is 0 Å². The van der Waals surface area contributed by atoms with E-state index in [-0.39, 0.29) is 16.1 Å². The second kappa shape index (κ2) is 5.30. The van der Waals surface area contributed by atoms with Crippen LogP contribution in [0, 0.1) is 0 Å². The Morgan fingerprint density at radius 2 is 1.70 bits per heavy atom. The lowest BCUT2D eigenvalue weighted by Gasteiger charge is -2.10. The highest BCUT2D eigenvalue weighted by atomic mass is 32.2. The van der Waals surface area contributed by atoms with E-state index < -0.39 is 15.6 Å². The van der Waals surface area contributed by atoms with Crippen molar-refractivity contribution < 1.29 is 13.2 Å². The highest BCUT2D eigenvalue weighted by molar-refractivity contribution is 7.94. The minimum absolute atomic E-state index is 0.0340. The number of hydrogen-bond donors (Lipinski definition) is 1. The van der Waals surface area contributed by atoms with Crippen molar-refractivity contribution in [1.29, 1.82) is 0 Å². The van der Waals surface area contributed by atoms with Crippen molar-refractivity contribution in [3.63, 3.8) is 0 Å². The third-order valence-corrected chi connectivity index (χ3v) is 4.29. The van der Waals surface area contributed by atoms with Crippen molar-refractivity contribution in [3.05, 3.63) is 71.6 Å². The smallest absolute Gasteiger partial charge is 0.202 e. The monoisotopic (exact) mass is 287 g/mol. The van der Waals surface area contributed by atoms with Crippen LogP contribution in [0.25, 0.3) is 0 Å². The standard InChI is InChI=1S/C15H13NO3S/c1-2-20(18,19)15-12(9-6-10-13(15)16)14(17)11-7-4-3-5-8-11/h2-10H,1,16H2. The van der Waals surface area contributed by atoms with Gasteiger partial charge in [-0.15, -0.1) is 0 Å². The van der Waals surface area contributed by atoms with Gasteiger partial charge in [-0.25, -0.2) is 8.42 Å². The maximum absolute atomic E-state index is 12.4. The quantitative estimate of drug-likeness (QED) is 0.692. The fourth-order valence-corrected chi connectivity index (χ4v) is 2.91. The van der Waals surface area contributed by atoms with Gasteiger partial charge in [0.25, 0.3) is 0 Å². The Hall–Kier alpha value is -2.40. The predicted octanol–water partition coefficient (Wildman–Crippen LogP) is 2.42. The van der Waals surface area contributed by atoms with E-state index in [9.17, 15) is 13.2 Å². The van der Waals surface area contributed by atoms with E-state index in [1.807, 2.05) is 0 Å². The normalized spacial score (nSPS) is 11.0. The first-order valence-electron chi connectivity index (χ1n) is 5.83. The summed E-state index contributed by atoms with van der Waals surface area (Å²) in [5, 5.41) is 0.792. The number of carbonyl (C=O) groups excluding carboxylic acids is 1. The van der Waals surface area contributed by atoms with Gasteiger partial charge in [0, 0.05) is 16.5 Å². The summed E-state index contributed by atoms with van der Waals surface area (Å²) < 4.78 is 24.1. The summed E-state index contributed by atoms with van der Waals surface area (Å²) >= 11 is 0. The third kappa shape index (κ3) is 2.48. The molecule has 0 aliphatic heterocycles. The lowest BCUT2D eigenvalue weighted by Crippen LogP contribution is -2.11. The Bertz CT molecular complexity index is 765. The molecule has 0 amide bonds. The van der Waals surface area contributed by atoms with Crippen molar-refractivity contribution in [1.82, 2.24) is 0 Å². The first-order chi connectivity index (χ1) is 9.47. The summed E-state index contributed by atoms with van der Waals surface area (Å²) in [5.41, 5.74) is 6.21. The Labute approximate surface area is 117 Å². The zero-order valence-corrected chi connectivity index (χ0v) is 11.4. The number of carbonyl (C=O) groups is 1. The van der Waals surface area contributed by atoms with Crippen molar-refractivity contribution in [3.8, 4) is 0 Å². The summed E-state index contributed by atoms with van der Waals surface area (Å²) in [4.78, 5) is 12.2. The maximum Gasteiger partial charge on any atom is 0.202 e. The van der Waals surface area contributed by atoms with E-state index in [0.29, 0.717) is 5.56 Å². The molecular weight excluding hydrogens is 274 g/mol. The Kier molecular flexibility index (Phi) is 3.72. The molecule has 0 atom stereocenters. The topological polar surface area (TPSA) is 77.2 Å². The van der Waals surface area contributed by atoms with Crippen molar-refractivity contribution in [2.24, 2.45) is 0 Å². The molecule has 0 saturated heterocycles. The molecule has 0 radical (unpaired) electrons. The molecule has 0 bridgehead atoms. The summed E-state index contributed by atoms with van der Waals surface area (Å²) in [6, 6.07) is 12.9. The van der Waals surface area contributed by atoms with Gasteiger partial charge in [-0.2, -0.15) is 0 Å². The van der Waals surface area contributed by atoms with Crippen LogP contribution in [0.15, 0.2) is 65.4 Å². The lowest BCUT2D eigenvalue weighted by atomic mass is 10.0. The van der Waals surface area contributed by atoms with Crippen molar-refractivity contribution in [2.75, 3.05) is 5.73 Å². The molecule has 5 heteroatoms. The molecule has 0 heterocycles. The fourth-order valence-electron chi connectivity index (χ4n) is 1.88. The van der Waals surface area contributed by atoms with Gasteiger partial charge in [0.05, 0.1) is 5.69 Å². The maximum atomic E-state index is 12.4. The molecule has 0 aliphatic carbocycles. The molecule has 0 aliphatic rings. The van der Waals surface area contributed by atoms with Gasteiger partial charge in [0.1, 0.15) is 4.90 Å². The van der Waals surface area contributed by atoms with Crippen molar-refractivity contribution >= 4 is 21.3 Å². The van der Waals surface area contributed by atoms with E-state index in [1.54, 1.807) is 36.4 Å². The number of anilines is 1. The van der Waals surface area contributed by atoms with Crippen LogP contribution < -0.4 is 5.73 Å². The molecule has 0 fully saturated rings. The van der Waals surface area contributed by atoms with E-state index in [2.05, 4.69) is 6.58 Å². The Morgan fingerprint density at radius 1 is 1.05 bits per heavy atom. The molecule has 2 rings (SSSR count). The van der Waals surface area contributed by atoms with Gasteiger partial charge in [-0.3, -0.25) is 4.79 Å². The second-order valence-corrected chi connectivity index (χ2v) is 5.96. The molecule has 20 heavy (non-hydrogen) atoms. The van der Waals surface area contributed by atoms with Gasteiger partial charge in [-0.1, -0.05) is 43.0 Å². The molecule has 2 N–H and O–H groups in total. The zero-order chi connectivity index (χ0) is 14.8. The largest absolute Gasteiger partial charge is 0.398 e. The van der Waals surface area contributed by atoms with Gasteiger partial charge in [0.15, 0.2) is 5.78 Å². The molecule has 2 aromatic rings. The molecule has 0 aromatic heterocycles. The van der Waals surface area contributed by atoms with Gasteiger partial charge >= 0.3 is 0 Å². The Balaban J connectivity index is 2.68. The molecule has 2 aromatic carbocycles. The third-order valence-electron chi connectivity index (χ3n) is 2.83. The first kappa shape index (κ1) is 14.0. The number of hydrogen-bond acceptors (Lipinski definition) is 4. The number of sulfone groups is 1. The number of nitrogens with two attached hydrogens (primary N) is 1. The number of ketones is 1. The van der Waals surface area contributed by atoms with Crippen LogP contribution in [0.3, 0.4) is 0 Å². The van der Waals surface area contributed by atoms with Gasteiger partial charge in [-0.05, 0) is 12.1 Å². The fraction of sp³-hybridized carbons (Fsp3) is 0. The van der Waals surface area contributed by atoms with Crippen molar-refractivity contribution in [2.45, 2.75) is 4.90 Å². The number of benzene rings is 2. The molecule has 4 nitrogen and oxygen atoms in total. The molecule has 102 valence electrons. The summed E-state index contributed by atoms with van der Waals surface area (Å²) in [6.45, 7) is 3.27. The van der Waals surface area contributed by atoms with Crippen LogP contribution in [0.1, 0.15) is 15.9 Å². The van der Waals surface area contributed by atoms with Crippen LogP contribution in [-0.2, 0) is 9.84 Å². The summed E-state index contributed by atoms with van der Waals surface area (Å²) in [6.07, 6.45) is 0. The van der Waals surface area contributed by atoms with E-state index in [4.69, 9.17) is 5.73 Å². The van der Waals surface area contributed by atoms with Crippen LogP contribution >= 0.6 is 0 Å². The second-order valence-electron chi connectivity index (χ2n) is 4.13. The molecular formula is C15H13NO3S. The van der Waals surface area contributed by atoms with Gasteiger partial charge in [0.2, 0.25) is 9.84 Å². The van der Waals surface area contributed by atoms with E-state index in [1.165, 1.54) is 12.1 Å². The van der Waals surface area contributed by atoms with Crippen LogP contribution in [-0.4, -0.2) is 14.2 Å². The minimum atomic E-state index is -3.79. The molecule has 0 saturated carbocycles. The van der Waals surface area contributed by atoms with Crippen LogP contribution in [0.2, 0.25) is 0 Å². The average molecular weight is 287 g/mol. The SMILES string of the molecule is C=CS(=O)(=O)c1c(N)cccc1C(=O)c1ccccc1. The summed E-state index contributed by atoms with van der Waals surface area (Å²) in [7, 11) is -3.79. The highest BCUT2D eigenvalue weighted by Crippen LogP contribution is 2.26. The van der Waals surface area contributed by atoms with E-state index in [0.717, 1.165) is 5.41 Å². The minimum Gasteiger partial charge on any atom is -0.398 e. The zero-order valence-electron chi connectivity index (χ0n) is 10.6.